The van der Waals surface area contributed by atoms with Gasteiger partial charge in [-0.25, -0.2) is 0 Å². The van der Waals surface area contributed by atoms with Crippen LogP contribution in [-0.4, -0.2) is 10.2 Å². The lowest BCUT2D eigenvalue weighted by atomic mass is 10.3. The van der Waals surface area contributed by atoms with Crippen molar-refractivity contribution >= 4 is 29.1 Å². The Morgan fingerprint density at radius 3 is 2.64 bits per heavy atom. The van der Waals surface area contributed by atoms with Crippen molar-refractivity contribution in [2.24, 2.45) is 0 Å². The van der Waals surface area contributed by atoms with Gasteiger partial charge in [-0.3, -0.25) is 10.1 Å². The molecule has 0 saturated carbocycles. The van der Waals surface area contributed by atoms with Crippen LogP contribution >= 0.6 is 23.4 Å². The van der Waals surface area contributed by atoms with Crippen LogP contribution < -0.4 is 0 Å². The van der Waals surface area contributed by atoms with Gasteiger partial charge >= 0.3 is 0 Å². The number of hydrogen-bond donors (Lipinski definition) is 0. The predicted octanol–water partition coefficient (Wildman–Crippen LogP) is 3.75. The molecule has 0 unspecified atom stereocenters. The molecule has 0 fully saturated rings. The van der Waals surface area contributed by atoms with E-state index in [1.165, 1.54) is 23.9 Å². The number of benzene rings is 1. The van der Waals surface area contributed by atoms with Crippen LogP contribution in [0.2, 0.25) is 5.02 Å². The minimum atomic E-state index is -0.388. The first kappa shape index (κ1) is 11.3. The number of nitro benzene ring substituents is 1. The van der Waals surface area contributed by atoms with Crippen LogP contribution in [-0.2, 0) is 0 Å². The van der Waals surface area contributed by atoms with Crippen molar-refractivity contribution in [2.45, 2.75) is 24.0 Å². The average molecular weight is 232 g/mol. The molecule has 0 saturated heterocycles. The molecule has 1 aromatic rings. The van der Waals surface area contributed by atoms with Gasteiger partial charge in [-0.2, -0.15) is 0 Å². The van der Waals surface area contributed by atoms with Crippen LogP contribution in [0.4, 0.5) is 5.69 Å². The molecule has 0 aliphatic carbocycles. The summed E-state index contributed by atoms with van der Waals surface area (Å²) in [5, 5.41) is 11.5. The van der Waals surface area contributed by atoms with Gasteiger partial charge in [0.1, 0.15) is 0 Å². The summed E-state index contributed by atoms with van der Waals surface area (Å²) < 4.78 is 0. The highest BCUT2D eigenvalue weighted by Crippen LogP contribution is 2.33. The van der Waals surface area contributed by atoms with Gasteiger partial charge in [0.15, 0.2) is 0 Å². The van der Waals surface area contributed by atoms with Gasteiger partial charge in [0.25, 0.3) is 5.69 Å². The molecule has 3 nitrogen and oxygen atoms in total. The van der Waals surface area contributed by atoms with E-state index in [-0.39, 0.29) is 10.6 Å². The second-order valence-corrected chi connectivity index (χ2v) is 5.09. The Morgan fingerprint density at radius 2 is 2.14 bits per heavy atom. The van der Waals surface area contributed by atoms with E-state index in [4.69, 9.17) is 11.6 Å². The molecule has 1 aromatic carbocycles. The van der Waals surface area contributed by atoms with Crippen molar-refractivity contribution in [3.05, 3.63) is 33.3 Å². The Kier molecular flexibility index (Phi) is 3.77. The average Bonchev–Trinajstić information content (AvgIpc) is 2.01. The second kappa shape index (κ2) is 4.66. The Labute approximate surface area is 91.6 Å². The maximum atomic E-state index is 10.7. The summed E-state index contributed by atoms with van der Waals surface area (Å²) in [6.07, 6.45) is 0. The van der Waals surface area contributed by atoms with E-state index >= 15 is 0 Å². The zero-order valence-corrected chi connectivity index (χ0v) is 9.43. The molecule has 0 heterocycles. The van der Waals surface area contributed by atoms with Crippen LogP contribution in [0, 0.1) is 10.1 Å². The first-order valence-electron chi connectivity index (χ1n) is 4.11. The largest absolute Gasteiger partial charge is 0.282 e. The van der Waals surface area contributed by atoms with Crippen LogP contribution in [0.15, 0.2) is 23.1 Å². The van der Waals surface area contributed by atoms with Crippen molar-refractivity contribution in [3.8, 4) is 0 Å². The number of hydrogen-bond acceptors (Lipinski definition) is 3. The molecular formula is C9H10ClNO2S. The molecule has 0 N–H and O–H groups in total. The van der Waals surface area contributed by atoms with Crippen LogP contribution in [0.1, 0.15) is 13.8 Å². The van der Waals surface area contributed by atoms with Crippen LogP contribution in [0.25, 0.3) is 0 Å². The van der Waals surface area contributed by atoms with Crippen LogP contribution in [0.5, 0.6) is 0 Å². The number of halogens is 1. The Bertz CT molecular complexity index is 355. The molecule has 0 radical (unpaired) electrons. The standard InChI is InChI=1S/C9H10ClNO2S/c1-6(2)14-9-5-7(10)3-4-8(9)11(12)13/h3-6H,1-2H3. The normalized spacial score (nSPS) is 10.6. The van der Waals surface area contributed by atoms with Gasteiger partial charge in [0.2, 0.25) is 0 Å². The highest BCUT2D eigenvalue weighted by Gasteiger charge is 2.15. The lowest BCUT2D eigenvalue weighted by Gasteiger charge is -2.05. The summed E-state index contributed by atoms with van der Waals surface area (Å²) in [7, 11) is 0. The van der Waals surface area contributed by atoms with E-state index in [2.05, 4.69) is 0 Å². The van der Waals surface area contributed by atoms with Crippen molar-refractivity contribution in [1.82, 2.24) is 0 Å². The van der Waals surface area contributed by atoms with E-state index in [0.29, 0.717) is 15.2 Å². The summed E-state index contributed by atoms with van der Waals surface area (Å²) in [4.78, 5) is 10.9. The first-order chi connectivity index (χ1) is 6.50. The van der Waals surface area contributed by atoms with E-state index in [1.54, 1.807) is 6.07 Å². The third-order valence-electron chi connectivity index (χ3n) is 1.48. The third kappa shape index (κ3) is 2.89. The summed E-state index contributed by atoms with van der Waals surface area (Å²) in [6, 6.07) is 4.60. The van der Waals surface area contributed by atoms with E-state index in [1.807, 2.05) is 13.8 Å². The van der Waals surface area contributed by atoms with Gasteiger partial charge in [-0.05, 0) is 12.1 Å². The molecule has 5 heteroatoms. The fourth-order valence-corrected chi connectivity index (χ4v) is 2.19. The predicted molar refractivity (Wildman–Crippen MR) is 59.1 cm³/mol. The molecule has 0 atom stereocenters. The first-order valence-corrected chi connectivity index (χ1v) is 5.37. The maximum Gasteiger partial charge on any atom is 0.282 e. The zero-order chi connectivity index (χ0) is 10.7. The highest BCUT2D eigenvalue weighted by atomic mass is 35.5. The van der Waals surface area contributed by atoms with Gasteiger partial charge in [0, 0.05) is 16.3 Å². The fourth-order valence-electron chi connectivity index (χ4n) is 0.987. The van der Waals surface area contributed by atoms with Gasteiger partial charge in [-0.1, -0.05) is 25.4 Å². The van der Waals surface area contributed by atoms with E-state index in [0.717, 1.165) is 0 Å². The van der Waals surface area contributed by atoms with Crippen LogP contribution in [0.3, 0.4) is 0 Å². The van der Waals surface area contributed by atoms with E-state index < -0.39 is 0 Å². The summed E-state index contributed by atoms with van der Waals surface area (Å²) in [5.41, 5.74) is 0.119. The number of thioether (sulfide) groups is 1. The zero-order valence-electron chi connectivity index (χ0n) is 7.86. The molecule has 0 spiro atoms. The summed E-state index contributed by atoms with van der Waals surface area (Å²) >= 11 is 7.21. The van der Waals surface area contributed by atoms with Gasteiger partial charge in [0.05, 0.1) is 9.82 Å². The monoisotopic (exact) mass is 231 g/mol. The Balaban J connectivity index is 3.09. The van der Waals surface area contributed by atoms with Crippen molar-refractivity contribution in [1.29, 1.82) is 0 Å². The quantitative estimate of drug-likeness (QED) is 0.452. The third-order valence-corrected chi connectivity index (χ3v) is 2.77. The van der Waals surface area contributed by atoms with Gasteiger partial charge < -0.3 is 0 Å². The lowest BCUT2D eigenvalue weighted by molar-refractivity contribution is -0.387. The smallest absolute Gasteiger partial charge is 0.258 e. The Morgan fingerprint density at radius 1 is 1.50 bits per heavy atom. The molecule has 0 aliphatic rings. The SMILES string of the molecule is CC(C)Sc1cc(Cl)ccc1[N+](=O)[O-]. The van der Waals surface area contributed by atoms with Crippen molar-refractivity contribution in [3.63, 3.8) is 0 Å². The molecule has 0 aromatic heterocycles. The molecular weight excluding hydrogens is 222 g/mol. The highest BCUT2D eigenvalue weighted by molar-refractivity contribution is 8.00. The number of nitrogens with zero attached hydrogens (tertiary/aromatic N) is 1. The second-order valence-electron chi connectivity index (χ2n) is 3.04. The van der Waals surface area contributed by atoms with Crippen molar-refractivity contribution < 1.29 is 4.92 Å². The molecule has 76 valence electrons. The molecule has 1 rings (SSSR count). The Hall–Kier alpha value is -0.740. The number of rotatable bonds is 3. The number of nitro groups is 1. The molecule has 0 aliphatic heterocycles. The topological polar surface area (TPSA) is 43.1 Å². The molecule has 0 bridgehead atoms. The summed E-state index contributed by atoms with van der Waals surface area (Å²) in [6.45, 7) is 3.96. The minimum Gasteiger partial charge on any atom is -0.258 e. The van der Waals surface area contributed by atoms with Gasteiger partial charge in [-0.15, -0.1) is 11.8 Å². The van der Waals surface area contributed by atoms with Crippen molar-refractivity contribution in [2.75, 3.05) is 0 Å². The lowest BCUT2D eigenvalue weighted by Crippen LogP contribution is -1.93. The summed E-state index contributed by atoms with van der Waals surface area (Å²) in [5.74, 6) is 0. The fraction of sp³-hybridized carbons (Fsp3) is 0.333. The maximum absolute atomic E-state index is 10.7. The molecule has 14 heavy (non-hydrogen) atoms. The van der Waals surface area contributed by atoms with E-state index in [9.17, 15) is 10.1 Å². The minimum absolute atomic E-state index is 0.119. The molecule has 0 amide bonds.